The fourth-order valence-corrected chi connectivity index (χ4v) is 2.65. The Kier molecular flexibility index (Phi) is 5.47. The number of ether oxygens (including phenoxy) is 1. The van der Waals surface area contributed by atoms with Gasteiger partial charge in [-0.25, -0.2) is 0 Å². The molecule has 1 aliphatic rings. The zero-order valence-electron chi connectivity index (χ0n) is 12.2. The van der Waals surface area contributed by atoms with Gasteiger partial charge in [0.15, 0.2) is 0 Å². The van der Waals surface area contributed by atoms with Crippen LogP contribution in [0.2, 0.25) is 0 Å². The lowest BCUT2D eigenvalue weighted by Gasteiger charge is -2.21. The van der Waals surface area contributed by atoms with Crippen LogP contribution in [0.15, 0.2) is 28.7 Å². The number of benzene rings is 1. The molecule has 0 radical (unpaired) electrons. The van der Waals surface area contributed by atoms with Gasteiger partial charge in [-0.1, -0.05) is 29.8 Å². The molecule has 4 heteroatoms. The average Bonchev–Trinajstić information content (AvgIpc) is 3.19. The van der Waals surface area contributed by atoms with Gasteiger partial charge < -0.3 is 15.2 Å². The molecule has 1 aromatic rings. The summed E-state index contributed by atoms with van der Waals surface area (Å²) in [5.41, 5.74) is 0.478. The number of aliphatic hydroxyl groups is 1. The summed E-state index contributed by atoms with van der Waals surface area (Å²) >= 11 is 3.38. The van der Waals surface area contributed by atoms with E-state index in [1.54, 1.807) is 0 Å². The molecule has 0 bridgehead atoms. The summed E-state index contributed by atoms with van der Waals surface area (Å²) in [5, 5.41) is 13.3. The van der Waals surface area contributed by atoms with E-state index in [-0.39, 0.29) is 0 Å². The standard InChI is InChI=1S/C16H24BrNO2/c1-12(2)16(7-8-16)11-18-9-14(19)10-20-15-5-3-13(17)4-6-15/h3-6,12,14,18-19H,7-11H2,1-2H3. The van der Waals surface area contributed by atoms with Gasteiger partial charge in [0, 0.05) is 17.6 Å². The van der Waals surface area contributed by atoms with E-state index in [1.807, 2.05) is 24.3 Å². The molecule has 3 nitrogen and oxygen atoms in total. The third-order valence-corrected chi connectivity index (χ3v) is 4.76. The Bertz CT molecular complexity index is 415. The number of hydrogen-bond donors (Lipinski definition) is 2. The summed E-state index contributed by atoms with van der Waals surface area (Å²) in [6, 6.07) is 7.64. The van der Waals surface area contributed by atoms with Crippen molar-refractivity contribution in [2.24, 2.45) is 11.3 Å². The summed E-state index contributed by atoms with van der Waals surface area (Å²) in [6.07, 6.45) is 2.15. The molecule has 1 atom stereocenters. The molecule has 0 aliphatic heterocycles. The Morgan fingerprint density at radius 3 is 2.50 bits per heavy atom. The number of nitrogens with one attached hydrogen (secondary N) is 1. The summed E-state index contributed by atoms with van der Waals surface area (Å²) in [5.74, 6) is 1.50. The van der Waals surface area contributed by atoms with Gasteiger partial charge >= 0.3 is 0 Å². The van der Waals surface area contributed by atoms with Gasteiger partial charge in [0.25, 0.3) is 0 Å². The van der Waals surface area contributed by atoms with Gasteiger partial charge in [-0.15, -0.1) is 0 Å². The molecule has 1 saturated carbocycles. The maximum absolute atomic E-state index is 9.92. The van der Waals surface area contributed by atoms with Gasteiger partial charge in [0.2, 0.25) is 0 Å². The minimum Gasteiger partial charge on any atom is -0.491 e. The summed E-state index contributed by atoms with van der Waals surface area (Å²) in [4.78, 5) is 0. The van der Waals surface area contributed by atoms with Crippen LogP contribution in [-0.4, -0.2) is 30.9 Å². The second kappa shape index (κ2) is 6.92. The Balaban J connectivity index is 1.63. The minimum atomic E-state index is -0.471. The van der Waals surface area contributed by atoms with Crippen molar-refractivity contribution in [3.8, 4) is 5.75 Å². The van der Waals surface area contributed by atoms with Crippen molar-refractivity contribution < 1.29 is 9.84 Å². The van der Waals surface area contributed by atoms with E-state index in [0.717, 1.165) is 16.8 Å². The van der Waals surface area contributed by atoms with E-state index in [4.69, 9.17) is 4.74 Å². The van der Waals surface area contributed by atoms with Crippen molar-refractivity contribution in [3.63, 3.8) is 0 Å². The first-order valence-electron chi connectivity index (χ1n) is 7.29. The monoisotopic (exact) mass is 341 g/mol. The van der Waals surface area contributed by atoms with E-state index >= 15 is 0 Å². The van der Waals surface area contributed by atoms with E-state index in [9.17, 15) is 5.11 Å². The lowest BCUT2D eigenvalue weighted by Crippen LogP contribution is -2.36. The fraction of sp³-hybridized carbons (Fsp3) is 0.625. The Morgan fingerprint density at radius 2 is 1.95 bits per heavy atom. The van der Waals surface area contributed by atoms with Crippen molar-refractivity contribution in [3.05, 3.63) is 28.7 Å². The first-order chi connectivity index (χ1) is 9.52. The molecular formula is C16H24BrNO2. The van der Waals surface area contributed by atoms with Crippen LogP contribution in [0, 0.1) is 11.3 Å². The summed E-state index contributed by atoms with van der Waals surface area (Å²) < 4.78 is 6.58. The topological polar surface area (TPSA) is 41.5 Å². The lowest BCUT2D eigenvalue weighted by molar-refractivity contribution is 0.104. The second-order valence-electron chi connectivity index (χ2n) is 6.07. The SMILES string of the molecule is CC(C)C1(CNCC(O)COc2ccc(Br)cc2)CC1. The quantitative estimate of drug-likeness (QED) is 0.762. The molecule has 20 heavy (non-hydrogen) atoms. The Morgan fingerprint density at radius 1 is 1.30 bits per heavy atom. The van der Waals surface area contributed by atoms with Gasteiger partial charge in [0.05, 0.1) is 0 Å². The lowest BCUT2D eigenvalue weighted by atomic mass is 9.92. The Labute approximate surface area is 129 Å². The zero-order chi connectivity index (χ0) is 14.6. The smallest absolute Gasteiger partial charge is 0.119 e. The molecule has 1 aliphatic carbocycles. The molecule has 0 heterocycles. The van der Waals surface area contributed by atoms with Gasteiger partial charge in [-0.2, -0.15) is 0 Å². The van der Waals surface area contributed by atoms with Crippen LogP contribution in [0.4, 0.5) is 0 Å². The molecule has 1 aromatic carbocycles. The number of aliphatic hydroxyl groups excluding tert-OH is 1. The highest BCUT2D eigenvalue weighted by Crippen LogP contribution is 2.51. The van der Waals surface area contributed by atoms with Crippen LogP contribution >= 0.6 is 15.9 Å². The summed E-state index contributed by atoms with van der Waals surface area (Å²) in [7, 11) is 0. The van der Waals surface area contributed by atoms with E-state index in [0.29, 0.717) is 24.5 Å². The summed E-state index contributed by atoms with van der Waals surface area (Å²) in [6.45, 7) is 6.47. The highest BCUT2D eigenvalue weighted by molar-refractivity contribution is 9.10. The maximum atomic E-state index is 9.92. The van der Waals surface area contributed by atoms with Gasteiger partial charge in [0.1, 0.15) is 18.5 Å². The highest BCUT2D eigenvalue weighted by atomic mass is 79.9. The first kappa shape index (κ1) is 15.8. The number of rotatable bonds is 8. The van der Waals surface area contributed by atoms with Crippen molar-refractivity contribution in [1.29, 1.82) is 0 Å². The molecule has 112 valence electrons. The highest BCUT2D eigenvalue weighted by Gasteiger charge is 2.44. The van der Waals surface area contributed by atoms with Crippen molar-refractivity contribution in [2.45, 2.75) is 32.8 Å². The molecule has 2 rings (SSSR count). The average molecular weight is 342 g/mol. The van der Waals surface area contributed by atoms with Crippen molar-refractivity contribution in [1.82, 2.24) is 5.32 Å². The zero-order valence-corrected chi connectivity index (χ0v) is 13.8. The predicted octanol–water partition coefficient (Wildman–Crippen LogP) is 3.21. The second-order valence-corrected chi connectivity index (χ2v) is 6.98. The molecule has 0 amide bonds. The van der Waals surface area contributed by atoms with Crippen LogP contribution in [0.3, 0.4) is 0 Å². The van der Waals surface area contributed by atoms with E-state index in [2.05, 4.69) is 35.1 Å². The largest absolute Gasteiger partial charge is 0.491 e. The van der Waals surface area contributed by atoms with Crippen LogP contribution in [0.5, 0.6) is 5.75 Å². The normalized spacial score (nSPS) is 18.1. The van der Waals surface area contributed by atoms with Crippen LogP contribution < -0.4 is 10.1 Å². The van der Waals surface area contributed by atoms with E-state index < -0.39 is 6.10 Å². The predicted molar refractivity (Wildman–Crippen MR) is 85.0 cm³/mol. The van der Waals surface area contributed by atoms with Crippen molar-refractivity contribution >= 4 is 15.9 Å². The molecule has 0 saturated heterocycles. The molecule has 0 aromatic heterocycles. The van der Waals surface area contributed by atoms with Gasteiger partial charge in [-0.05, 0) is 48.4 Å². The van der Waals surface area contributed by atoms with E-state index in [1.165, 1.54) is 12.8 Å². The minimum absolute atomic E-state index is 0.323. The molecule has 2 N–H and O–H groups in total. The van der Waals surface area contributed by atoms with Crippen LogP contribution in [0.1, 0.15) is 26.7 Å². The fourth-order valence-electron chi connectivity index (χ4n) is 2.39. The number of hydrogen-bond acceptors (Lipinski definition) is 3. The third kappa shape index (κ3) is 4.47. The molecular weight excluding hydrogens is 318 g/mol. The third-order valence-electron chi connectivity index (χ3n) is 4.23. The first-order valence-corrected chi connectivity index (χ1v) is 8.08. The molecule has 1 fully saturated rings. The van der Waals surface area contributed by atoms with Gasteiger partial charge in [-0.3, -0.25) is 0 Å². The number of halogens is 1. The van der Waals surface area contributed by atoms with Crippen molar-refractivity contribution in [2.75, 3.05) is 19.7 Å². The van der Waals surface area contributed by atoms with Crippen LogP contribution in [-0.2, 0) is 0 Å². The Hall–Kier alpha value is -0.580. The maximum Gasteiger partial charge on any atom is 0.119 e. The molecule has 0 spiro atoms. The van der Waals surface area contributed by atoms with Crippen LogP contribution in [0.25, 0.3) is 0 Å². The molecule has 1 unspecified atom stereocenters.